The molecule has 0 amide bonds. The topological polar surface area (TPSA) is 20.2 Å². The maximum atomic E-state index is 13.5. The van der Waals surface area contributed by atoms with Crippen molar-refractivity contribution in [1.82, 2.24) is 0 Å². The molecule has 0 aliphatic heterocycles. The Kier molecular flexibility index (Phi) is 3.08. The van der Waals surface area contributed by atoms with Crippen LogP contribution in [0.2, 0.25) is 0 Å². The van der Waals surface area contributed by atoms with Crippen molar-refractivity contribution in [2.75, 3.05) is 0 Å². The summed E-state index contributed by atoms with van der Waals surface area (Å²) in [6.45, 7) is 3.99. The first-order chi connectivity index (χ1) is 7.59. The summed E-state index contributed by atoms with van der Waals surface area (Å²) >= 11 is 1.51. The standard InChI is InChI=1S/C13H13FOS/c1-8-7-12(16-9(8)2)13(15)10-5-3-4-6-11(10)14/h3-7,13,15H,1-2H3. The summed E-state index contributed by atoms with van der Waals surface area (Å²) < 4.78 is 13.5. The van der Waals surface area contributed by atoms with Crippen LogP contribution in [0.15, 0.2) is 30.3 Å². The van der Waals surface area contributed by atoms with E-state index in [0.29, 0.717) is 5.56 Å². The van der Waals surface area contributed by atoms with Crippen LogP contribution in [0.25, 0.3) is 0 Å². The number of rotatable bonds is 2. The molecule has 0 saturated carbocycles. The first-order valence-electron chi connectivity index (χ1n) is 5.09. The fraction of sp³-hybridized carbons (Fsp3) is 0.231. The van der Waals surface area contributed by atoms with Gasteiger partial charge in [-0.05, 0) is 31.5 Å². The molecular weight excluding hydrogens is 223 g/mol. The third kappa shape index (κ3) is 2.01. The predicted molar refractivity (Wildman–Crippen MR) is 64.3 cm³/mol. The third-order valence-corrected chi connectivity index (χ3v) is 3.86. The SMILES string of the molecule is Cc1cc(C(O)c2ccccc2F)sc1C. The number of aliphatic hydroxyl groups is 1. The molecule has 2 rings (SSSR count). The average Bonchev–Trinajstić information content (AvgIpc) is 2.59. The second-order valence-corrected chi connectivity index (χ2v) is 5.10. The summed E-state index contributed by atoms with van der Waals surface area (Å²) in [5.41, 5.74) is 1.47. The lowest BCUT2D eigenvalue weighted by atomic mass is 10.1. The van der Waals surface area contributed by atoms with Gasteiger partial charge in [0.25, 0.3) is 0 Å². The Labute approximate surface area is 98.2 Å². The highest BCUT2D eigenvalue weighted by atomic mass is 32.1. The van der Waals surface area contributed by atoms with Crippen LogP contribution in [0.1, 0.15) is 27.0 Å². The monoisotopic (exact) mass is 236 g/mol. The molecule has 0 spiro atoms. The normalized spacial score (nSPS) is 12.8. The highest BCUT2D eigenvalue weighted by Gasteiger charge is 2.16. The minimum Gasteiger partial charge on any atom is -0.383 e. The van der Waals surface area contributed by atoms with Crippen molar-refractivity contribution >= 4 is 11.3 Å². The number of benzene rings is 1. The van der Waals surface area contributed by atoms with Gasteiger partial charge in [0.15, 0.2) is 0 Å². The number of hydrogen-bond acceptors (Lipinski definition) is 2. The first-order valence-corrected chi connectivity index (χ1v) is 5.90. The van der Waals surface area contributed by atoms with E-state index in [1.54, 1.807) is 18.2 Å². The molecule has 0 aliphatic carbocycles. The van der Waals surface area contributed by atoms with E-state index in [1.807, 2.05) is 19.9 Å². The highest BCUT2D eigenvalue weighted by Crippen LogP contribution is 2.31. The van der Waals surface area contributed by atoms with Gasteiger partial charge in [-0.2, -0.15) is 0 Å². The molecule has 1 aromatic heterocycles. The van der Waals surface area contributed by atoms with Crippen molar-refractivity contribution < 1.29 is 9.50 Å². The second kappa shape index (κ2) is 4.36. The zero-order valence-corrected chi connectivity index (χ0v) is 10.0. The van der Waals surface area contributed by atoms with Gasteiger partial charge in [0.1, 0.15) is 11.9 Å². The molecule has 0 saturated heterocycles. The van der Waals surface area contributed by atoms with Gasteiger partial charge in [-0.3, -0.25) is 0 Å². The Hall–Kier alpha value is -1.19. The van der Waals surface area contributed by atoms with Crippen LogP contribution in [0, 0.1) is 19.7 Å². The summed E-state index contributed by atoms with van der Waals surface area (Å²) in [7, 11) is 0. The highest BCUT2D eigenvalue weighted by molar-refractivity contribution is 7.12. The molecule has 1 N–H and O–H groups in total. The second-order valence-electron chi connectivity index (χ2n) is 3.81. The van der Waals surface area contributed by atoms with Gasteiger partial charge in [-0.15, -0.1) is 11.3 Å². The van der Waals surface area contributed by atoms with E-state index < -0.39 is 6.10 Å². The summed E-state index contributed by atoms with van der Waals surface area (Å²) in [6.07, 6.45) is -0.862. The van der Waals surface area contributed by atoms with E-state index in [-0.39, 0.29) is 5.82 Å². The van der Waals surface area contributed by atoms with Crippen LogP contribution in [0.3, 0.4) is 0 Å². The number of hydrogen-bond donors (Lipinski definition) is 1. The van der Waals surface area contributed by atoms with Crippen molar-refractivity contribution in [2.45, 2.75) is 20.0 Å². The molecule has 1 nitrogen and oxygen atoms in total. The number of aliphatic hydroxyl groups excluding tert-OH is 1. The molecule has 2 aromatic rings. The summed E-state index contributed by atoms with van der Waals surface area (Å²) in [4.78, 5) is 1.95. The molecule has 0 bridgehead atoms. The Morgan fingerprint density at radius 2 is 1.94 bits per heavy atom. The molecule has 1 aromatic carbocycles. The molecule has 16 heavy (non-hydrogen) atoms. The van der Waals surface area contributed by atoms with Crippen LogP contribution in [-0.2, 0) is 0 Å². The Balaban J connectivity index is 2.39. The van der Waals surface area contributed by atoms with Crippen LogP contribution in [0.4, 0.5) is 4.39 Å². The lowest BCUT2D eigenvalue weighted by Crippen LogP contribution is -1.99. The van der Waals surface area contributed by atoms with Crippen LogP contribution in [-0.4, -0.2) is 5.11 Å². The van der Waals surface area contributed by atoms with E-state index in [0.717, 1.165) is 15.3 Å². The molecule has 1 unspecified atom stereocenters. The minimum atomic E-state index is -0.862. The molecule has 1 atom stereocenters. The minimum absolute atomic E-state index is 0.337. The largest absolute Gasteiger partial charge is 0.383 e. The van der Waals surface area contributed by atoms with Gasteiger partial charge in [-0.25, -0.2) is 4.39 Å². The summed E-state index contributed by atoms with van der Waals surface area (Å²) in [6, 6.07) is 8.25. The molecule has 0 aliphatic rings. The zero-order chi connectivity index (χ0) is 11.7. The average molecular weight is 236 g/mol. The van der Waals surface area contributed by atoms with Gasteiger partial charge in [0.05, 0.1) is 0 Å². The van der Waals surface area contributed by atoms with E-state index >= 15 is 0 Å². The molecule has 0 radical (unpaired) electrons. The van der Waals surface area contributed by atoms with Gasteiger partial charge in [-0.1, -0.05) is 18.2 Å². The fourth-order valence-corrected chi connectivity index (χ4v) is 2.63. The van der Waals surface area contributed by atoms with Gasteiger partial charge in [0, 0.05) is 15.3 Å². The van der Waals surface area contributed by atoms with Gasteiger partial charge >= 0.3 is 0 Å². The lowest BCUT2D eigenvalue weighted by Gasteiger charge is -2.09. The van der Waals surface area contributed by atoms with Gasteiger partial charge < -0.3 is 5.11 Å². The van der Waals surface area contributed by atoms with E-state index in [4.69, 9.17) is 0 Å². The van der Waals surface area contributed by atoms with E-state index in [1.165, 1.54) is 17.4 Å². The Morgan fingerprint density at radius 3 is 2.50 bits per heavy atom. The zero-order valence-electron chi connectivity index (χ0n) is 9.20. The summed E-state index contributed by atoms with van der Waals surface area (Å²) in [5.74, 6) is -0.362. The first kappa shape index (κ1) is 11.3. The van der Waals surface area contributed by atoms with Crippen molar-refractivity contribution in [2.24, 2.45) is 0 Å². The van der Waals surface area contributed by atoms with E-state index in [9.17, 15) is 9.50 Å². The molecular formula is C13H13FOS. The Morgan fingerprint density at radius 1 is 1.25 bits per heavy atom. The van der Waals surface area contributed by atoms with Crippen molar-refractivity contribution in [3.63, 3.8) is 0 Å². The van der Waals surface area contributed by atoms with Gasteiger partial charge in [0.2, 0.25) is 0 Å². The van der Waals surface area contributed by atoms with Crippen LogP contribution < -0.4 is 0 Å². The number of aryl methyl sites for hydroxylation is 2. The predicted octanol–water partition coefficient (Wildman–Crippen LogP) is 3.59. The maximum absolute atomic E-state index is 13.5. The van der Waals surface area contributed by atoms with Crippen molar-refractivity contribution in [3.05, 3.63) is 57.0 Å². The third-order valence-electron chi connectivity index (χ3n) is 2.65. The number of thiophene rings is 1. The fourth-order valence-electron chi connectivity index (χ4n) is 1.59. The molecule has 0 fully saturated rings. The van der Waals surface area contributed by atoms with Crippen molar-refractivity contribution in [1.29, 1.82) is 0 Å². The smallest absolute Gasteiger partial charge is 0.129 e. The quantitative estimate of drug-likeness (QED) is 0.845. The van der Waals surface area contributed by atoms with Crippen molar-refractivity contribution in [3.8, 4) is 0 Å². The molecule has 84 valence electrons. The van der Waals surface area contributed by atoms with E-state index in [2.05, 4.69) is 0 Å². The maximum Gasteiger partial charge on any atom is 0.129 e. The summed E-state index contributed by atoms with van der Waals surface area (Å²) in [5, 5.41) is 10.1. The molecule has 3 heteroatoms. The van der Waals surface area contributed by atoms with Crippen LogP contribution >= 0.6 is 11.3 Å². The van der Waals surface area contributed by atoms with Crippen LogP contribution in [0.5, 0.6) is 0 Å². The molecule has 1 heterocycles. The number of halogens is 1. The Bertz CT molecular complexity index is 485. The lowest BCUT2D eigenvalue weighted by molar-refractivity contribution is 0.218.